The standard InChI is InChI=1S/C9H9FN2.2C2H6/c1-6-3-8(10)9-11-7(2)5-12(9)4-6;2*1-2/h3-5H,1-2H3;2*1-2H3. The Morgan fingerprint density at radius 2 is 1.62 bits per heavy atom. The first-order chi connectivity index (χ1) is 7.66. The highest BCUT2D eigenvalue weighted by molar-refractivity contribution is 5.42. The normalized spacial score (nSPS) is 8.94. The number of pyridine rings is 1. The van der Waals surface area contributed by atoms with Crippen LogP contribution >= 0.6 is 0 Å². The maximum Gasteiger partial charge on any atom is 0.173 e. The lowest BCUT2D eigenvalue weighted by Gasteiger charge is -1.96. The van der Waals surface area contributed by atoms with Crippen LogP contribution in [0.2, 0.25) is 0 Å². The summed E-state index contributed by atoms with van der Waals surface area (Å²) >= 11 is 0. The molecule has 2 aromatic heterocycles. The molecule has 0 saturated carbocycles. The molecular formula is C13H21FN2. The minimum atomic E-state index is -0.261. The molecule has 90 valence electrons. The molecule has 2 heterocycles. The summed E-state index contributed by atoms with van der Waals surface area (Å²) in [6, 6.07) is 1.49. The summed E-state index contributed by atoms with van der Waals surface area (Å²) in [5.41, 5.74) is 2.13. The molecule has 0 radical (unpaired) electrons. The van der Waals surface area contributed by atoms with E-state index in [1.165, 1.54) is 6.07 Å². The summed E-state index contributed by atoms with van der Waals surface area (Å²) in [4.78, 5) is 4.04. The highest BCUT2D eigenvalue weighted by atomic mass is 19.1. The van der Waals surface area contributed by atoms with E-state index in [4.69, 9.17) is 0 Å². The minimum absolute atomic E-state index is 0.261. The van der Waals surface area contributed by atoms with Gasteiger partial charge < -0.3 is 4.40 Å². The Morgan fingerprint density at radius 3 is 2.19 bits per heavy atom. The van der Waals surface area contributed by atoms with Crippen LogP contribution in [-0.2, 0) is 0 Å². The van der Waals surface area contributed by atoms with Gasteiger partial charge in [0.1, 0.15) is 0 Å². The number of rotatable bonds is 0. The van der Waals surface area contributed by atoms with E-state index in [0.29, 0.717) is 5.65 Å². The van der Waals surface area contributed by atoms with Gasteiger partial charge in [-0.25, -0.2) is 9.37 Å². The van der Waals surface area contributed by atoms with Crippen molar-refractivity contribution in [3.8, 4) is 0 Å². The topological polar surface area (TPSA) is 17.3 Å². The van der Waals surface area contributed by atoms with Gasteiger partial charge in [-0.05, 0) is 25.5 Å². The van der Waals surface area contributed by atoms with Gasteiger partial charge in [0.05, 0.1) is 5.69 Å². The lowest BCUT2D eigenvalue weighted by atomic mass is 10.3. The van der Waals surface area contributed by atoms with E-state index in [2.05, 4.69) is 4.98 Å². The third-order valence-corrected chi connectivity index (χ3v) is 1.76. The Bertz CT molecular complexity index is 433. The van der Waals surface area contributed by atoms with Crippen LogP contribution in [0.1, 0.15) is 39.0 Å². The van der Waals surface area contributed by atoms with Crippen molar-refractivity contribution in [2.24, 2.45) is 0 Å². The largest absolute Gasteiger partial charge is 0.304 e. The quantitative estimate of drug-likeness (QED) is 0.657. The first-order valence-corrected chi connectivity index (χ1v) is 5.78. The van der Waals surface area contributed by atoms with Crippen molar-refractivity contribution in [2.75, 3.05) is 0 Å². The molecular weight excluding hydrogens is 203 g/mol. The molecule has 16 heavy (non-hydrogen) atoms. The summed E-state index contributed by atoms with van der Waals surface area (Å²) in [5.74, 6) is -0.261. The van der Waals surface area contributed by atoms with Gasteiger partial charge in [0.25, 0.3) is 0 Å². The summed E-state index contributed by atoms with van der Waals surface area (Å²) in [5, 5.41) is 0. The average molecular weight is 224 g/mol. The second-order valence-electron chi connectivity index (χ2n) is 2.98. The Morgan fingerprint density at radius 1 is 1.06 bits per heavy atom. The fraction of sp³-hybridized carbons (Fsp3) is 0.462. The zero-order chi connectivity index (χ0) is 12.7. The van der Waals surface area contributed by atoms with E-state index < -0.39 is 0 Å². The maximum atomic E-state index is 13.2. The molecule has 0 bridgehead atoms. The number of imidazole rings is 1. The van der Waals surface area contributed by atoms with Crippen LogP contribution < -0.4 is 0 Å². The van der Waals surface area contributed by atoms with Gasteiger partial charge in [0.15, 0.2) is 11.5 Å². The van der Waals surface area contributed by atoms with Crippen molar-refractivity contribution >= 4 is 5.65 Å². The lowest BCUT2D eigenvalue weighted by molar-refractivity contribution is 0.628. The highest BCUT2D eigenvalue weighted by Crippen LogP contribution is 2.11. The molecule has 0 fully saturated rings. The first kappa shape index (κ1) is 14.6. The average Bonchev–Trinajstić information content (AvgIpc) is 2.65. The molecule has 0 aliphatic carbocycles. The van der Waals surface area contributed by atoms with Crippen LogP contribution in [0.25, 0.3) is 5.65 Å². The van der Waals surface area contributed by atoms with Crippen molar-refractivity contribution in [1.82, 2.24) is 9.38 Å². The van der Waals surface area contributed by atoms with E-state index in [0.717, 1.165) is 11.3 Å². The molecule has 0 aliphatic heterocycles. The summed E-state index contributed by atoms with van der Waals surface area (Å²) in [7, 11) is 0. The van der Waals surface area contributed by atoms with Crippen LogP contribution in [0.4, 0.5) is 4.39 Å². The number of hydrogen-bond acceptors (Lipinski definition) is 1. The van der Waals surface area contributed by atoms with Gasteiger partial charge in [-0.2, -0.15) is 0 Å². The fourth-order valence-electron chi connectivity index (χ4n) is 1.31. The number of aryl methyl sites for hydroxylation is 2. The van der Waals surface area contributed by atoms with E-state index in [1.807, 2.05) is 53.9 Å². The van der Waals surface area contributed by atoms with Gasteiger partial charge in [0, 0.05) is 12.4 Å². The van der Waals surface area contributed by atoms with E-state index >= 15 is 0 Å². The Kier molecular flexibility index (Phi) is 6.38. The third kappa shape index (κ3) is 3.33. The molecule has 3 heteroatoms. The number of halogens is 1. The molecule has 0 amide bonds. The number of fused-ring (bicyclic) bond motifs is 1. The smallest absolute Gasteiger partial charge is 0.173 e. The first-order valence-electron chi connectivity index (χ1n) is 5.78. The molecule has 0 saturated heterocycles. The summed E-state index contributed by atoms with van der Waals surface area (Å²) in [6.07, 6.45) is 3.67. The lowest BCUT2D eigenvalue weighted by Crippen LogP contribution is -1.89. The van der Waals surface area contributed by atoms with E-state index in [1.54, 1.807) is 4.40 Å². The van der Waals surface area contributed by atoms with Gasteiger partial charge in [-0.3, -0.25) is 0 Å². The molecule has 0 aromatic carbocycles. The van der Waals surface area contributed by atoms with E-state index in [9.17, 15) is 4.39 Å². The van der Waals surface area contributed by atoms with Crippen LogP contribution in [0, 0.1) is 19.7 Å². The number of hydrogen-bond donors (Lipinski definition) is 0. The zero-order valence-corrected chi connectivity index (χ0v) is 11.0. The molecule has 0 N–H and O–H groups in total. The second-order valence-corrected chi connectivity index (χ2v) is 2.98. The zero-order valence-electron chi connectivity index (χ0n) is 11.0. The second kappa shape index (κ2) is 6.99. The Balaban J connectivity index is 0.000000509. The Hall–Kier alpha value is -1.38. The van der Waals surface area contributed by atoms with Crippen molar-refractivity contribution in [3.63, 3.8) is 0 Å². The molecule has 0 atom stereocenters. The van der Waals surface area contributed by atoms with Crippen LogP contribution in [-0.4, -0.2) is 9.38 Å². The van der Waals surface area contributed by atoms with Crippen molar-refractivity contribution in [3.05, 3.63) is 35.5 Å². The van der Waals surface area contributed by atoms with Crippen molar-refractivity contribution in [1.29, 1.82) is 0 Å². The maximum absolute atomic E-state index is 13.2. The molecule has 2 aromatic rings. The predicted octanol–water partition coefficient (Wildman–Crippen LogP) is 4.14. The van der Waals surface area contributed by atoms with Crippen LogP contribution in [0.3, 0.4) is 0 Å². The van der Waals surface area contributed by atoms with E-state index in [-0.39, 0.29) is 5.82 Å². The van der Waals surface area contributed by atoms with Gasteiger partial charge in [-0.1, -0.05) is 27.7 Å². The predicted molar refractivity (Wildman–Crippen MR) is 67.3 cm³/mol. The van der Waals surface area contributed by atoms with Crippen molar-refractivity contribution < 1.29 is 4.39 Å². The summed E-state index contributed by atoms with van der Waals surface area (Å²) in [6.45, 7) is 11.7. The molecule has 2 rings (SSSR count). The monoisotopic (exact) mass is 224 g/mol. The molecule has 2 nitrogen and oxygen atoms in total. The number of nitrogens with zero attached hydrogens (tertiary/aromatic N) is 2. The summed E-state index contributed by atoms with van der Waals surface area (Å²) < 4.78 is 14.9. The van der Waals surface area contributed by atoms with Crippen LogP contribution in [0.5, 0.6) is 0 Å². The number of aromatic nitrogens is 2. The third-order valence-electron chi connectivity index (χ3n) is 1.76. The molecule has 0 aliphatic rings. The molecule has 0 unspecified atom stereocenters. The minimum Gasteiger partial charge on any atom is -0.304 e. The SMILES string of the molecule is CC.CC.Cc1cc(F)c2nc(C)cn2c1. The molecule has 0 spiro atoms. The van der Waals surface area contributed by atoms with Gasteiger partial charge >= 0.3 is 0 Å². The Labute approximate surface area is 97.1 Å². The fourth-order valence-corrected chi connectivity index (χ4v) is 1.31. The highest BCUT2D eigenvalue weighted by Gasteiger charge is 2.03. The van der Waals surface area contributed by atoms with Crippen LogP contribution in [0.15, 0.2) is 18.5 Å². The van der Waals surface area contributed by atoms with Gasteiger partial charge in [0.2, 0.25) is 0 Å². The van der Waals surface area contributed by atoms with Gasteiger partial charge in [-0.15, -0.1) is 0 Å². The van der Waals surface area contributed by atoms with Crippen molar-refractivity contribution in [2.45, 2.75) is 41.5 Å².